The molecule has 0 saturated carbocycles. The Hall–Kier alpha value is -1.82. The van der Waals surface area contributed by atoms with Crippen LogP contribution in [0.4, 0.5) is 10.5 Å². The lowest BCUT2D eigenvalue weighted by atomic mass is 10.1. The molecule has 0 saturated heterocycles. The lowest BCUT2D eigenvalue weighted by Gasteiger charge is -2.20. The molecule has 5 nitrogen and oxygen atoms in total. The average molecular weight is 295 g/mol. The van der Waals surface area contributed by atoms with Gasteiger partial charge in [-0.15, -0.1) is 0 Å². The van der Waals surface area contributed by atoms with Gasteiger partial charge in [0.1, 0.15) is 5.60 Å². The van der Waals surface area contributed by atoms with E-state index in [1.54, 1.807) is 20.8 Å². The smallest absolute Gasteiger partial charge is 0.426 e. The first kappa shape index (κ1) is 16.2. The fourth-order valence-corrected chi connectivity index (χ4v) is 1.61. The van der Waals surface area contributed by atoms with Crippen LogP contribution in [0.25, 0.3) is 0 Å². The molecule has 1 aromatic carbocycles. The van der Waals surface area contributed by atoms with Gasteiger partial charge in [0.15, 0.2) is 5.11 Å². The molecule has 1 aromatic rings. The molecular formula is C14H21N3O2S. The number of hydrogen-bond donors (Lipinski definition) is 3. The van der Waals surface area contributed by atoms with Crippen molar-refractivity contribution >= 4 is 29.1 Å². The molecule has 6 heteroatoms. The number of hydrazine groups is 1. The summed E-state index contributed by atoms with van der Waals surface area (Å²) in [7, 11) is 0. The lowest BCUT2D eigenvalue weighted by Crippen LogP contribution is -2.45. The zero-order chi connectivity index (χ0) is 15.2. The van der Waals surface area contributed by atoms with Crippen LogP contribution in [0.1, 0.15) is 33.3 Å². The van der Waals surface area contributed by atoms with E-state index >= 15 is 0 Å². The van der Waals surface area contributed by atoms with Gasteiger partial charge in [0.25, 0.3) is 0 Å². The summed E-state index contributed by atoms with van der Waals surface area (Å²) in [5, 5.41) is 3.28. The zero-order valence-corrected chi connectivity index (χ0v) is 13.1. The molecule has 0 aromatic heterocycles. The Balaban J connectivity index is 2.42. The van der Waals surface area contributed by atoms with E-state index in [2.05, 4.69) is 23.1 Å². The molecule has 20 heavy (non-hydrogen) atoms. The second-order valence-corrected chi connectivity index (χ2v) is 5.67. The van der Waals surface area contributed by atoms with E-state index in [9.17, 15) is 4.79 Å². The van der Waals surface area contributed by atoms with Crippen molar-refractivity contribution in [2.24, 2.45) is 0 Å². The van der Waals surface area contributed by atoms with Crippen molar-refractivity contribution in [3.63, 3.8) is 0 Å². The molecule has 1 amide bonds. The van der Waals surface area contributed by atoms with Crippen LogP contribution < -0.4 is 16.2 Å². The molecule has 110 valence electrons. The van der Waals surface area contributed by atoms with Gasteiger partial charge in [0.05, 0.1) is 0 Å². The van der Waals surface area contributed by atoms with Gasteiger partial charge in [-0.1, -0.05) is 19.1 Å². The van der Waals surface area contributed by atoms with E-state index < -0.39 is 11.7 Å². The zero-order valence-electron chi connectivity index (χ0n) is 12.2. The predicted octanol–water partition coefficient (Wildman–Crippen LogP) is 2.98. The third kappa shape index (κ3) is 6.38. The maximum atomic E-state index is 11.4. The second-order valence-electron chi connectivity index (χ2n) is 5.26. The number of anilines is 1. The summed E-state index contributed by atoms with van der Waals surface area (Å²) in [5.41, 5.74) is 6.49. The van der Waals surface area contributed by atoms with Gasteiger partial charge in [0.2, 0.25) is 0 Å². The van der Waals surface area contributed by atoms with E-state index in [0.717, 1.165) is 12.1 Å². The Morgan fingerprint density at radius 1 is 1.30 bits per heavy atom. The third-order valence-corrected chi connectivity index (χ3v) is 2.47. The summed E-state index contributed by atoms with van der Waals surface area (Å²) in [6.45, 7) is 7.46. The fourth-order valence-electron chi connectivity index (χ4n) is 1.44. The SMILES string of the molecule is CCc1cccc(NC(=S)NNC(=O)OC(C)(C)C)c1. The van der Waals surface area contributed by atoms with Crippen LogP contribution in [-0.2, 0) is 11.2 Å². The molecule has 1 rings (SSSR count). The van der Waals surface area contributed by atoms with Crippen LogP contribution in [0.15, 0.2) is 24.3 Å². The normalized spacial score (nSPS) is 10.6. The monoisotopic (exact) mass is 295 g/mol. The Morgan fingerprint density at radius 2 is 2.00 bits per heavy atom. The molecule has 0 aliphatic carbocycles. The molecule has 0 radical (unpaired) electrons. The summed E-state index contributed by atoms with van der Waals surface area (Å²) in [6.07, 6.45) is 0.371. The Kier molecular flexibility index (Phi) is 5.76. The molecule has 0 spiro atoms. The van der Waals surface area contributed by atoms with Crippen molar-refractivity contribution in [2.75, 3.05) is 5.32 Å². The molecule has 0 heterocycles. The number of rotatable bonds is 2. The maximum absolute atomic E-state index is 11.4. The molecular weight excluding hydrogens is 274 g/mol. The van der Waals surface area contributed by atoms with Crippen molar-refractivity contribution in [2.45, 2.75) is 39.7 Å². The topological polar surface area (TPSA) is 62.4 Å². The highest BCUT2D eigenvalue weighted by Gasteiger charge is 2.15. The number of hydrogen-bond acceptors (Lipinski definition) is 3. The van der Waals surface area contributed by atoms with E-state index in [1.165, 1.54) is 5.56 Å². The van der Waals surface area contributed by atoms with Gasteiger partial charge in [-0.05, 0) is 57.1 Å². The highest BCUT2D eigenvalue weighted by molar-refractivity contribution is 7.80. The predicted molar refractivity (Wildman–Crippen MR) is 84.5 cm³/mol. The maximum Gasteiger partial charge on any atom is 0.426 e. The number of amides is 1. The molecule has 0 fully saturated rings. The Bertz CT molecular complexity index is 484. The molecule has 0 aliphatic heterocycles. The van der Waals surface area contributed by atoms with Crippen LogP contribution >= 0.6 is 12.2 Å². The standard InChI is InChI=1S/C14H21N3O2S/c1-5-10-7-6-8-11(9-10)15-12(20)16-17-13(18)19-14(2,3)4/h6-9H,5H2,1-4H3,(H,17,18)(H2,15,16,20). The van der Waals surface area contributed by atoms with Crippen molar-refractivity contribution in [1.29, 1.82) is 0 Å². The number of benzene rings is 1. The van der Waals surface area contributed by atoms with E-state index in [4.69, 9.17) is 17.0 Å². The lowest BCUT2D eigenvalue weighted by molar-refractivity contribution is 0.0513. The fraction of sp³-hybridized carbons (Fsp3) is 0.429. The minimum absolute atomic E-state index is 0.295. The first-order valence-electron chi connectivity index (χ1n) is 6.45. The largest absolute Gasteiger partial charge is 0.443 e. The molecule has 0 unspecified atom stereocenters. The highest BCUT2D eigenvalue weighted by Crippen LogP contribution is 2.10. The Labute approximate surface area is 125 Å². The van der Waals surface area contributed by atoms with Gasteiger partial charge < -0.3 is 10.1 Å². The highest BCUT2D eigenvalue weighted by atomic mass is 32.1. The number of carbonyl (C=O) groups excluding carboxylic acids is 1. The number of ether oxygens (including phenoxy) is 1. The van der Waals surface area contributed by atoms with Crippen LogP contribution in [0.2, 0.25) is 0 Å². The van der Waals surface area contributed by atoms with Crippen LogP contribution in [0.5, 0.6) is 0 Å². The number of thiocarbonyl (C=S) groups is 1. The average Bonchev–Trinajstić information content (AvgIpc) is 2.34. The first-order valence-corrected chi connectivity index (χ1v) is 6.86. The van der Waals surface area contributed by atoms with Gasteiger partial charge in [0, 0.05) is 5.69 Å². The van der Waals surface area contributed by atoms with E-state index in [-0.39, 0.29) is 0 Å². The van der Waals surface area contributed by atoms with Gasteiger partial charge in [-0.3, -0.25) is 5.43 Å². The van der Waals surface area contributed by atoms with Crippen LogP contribution in [0, 0.1) is 0 Å². The first-order chi connectivity index (χ1) is 9.30. The van der Waals surface area contributed by atoms with Gasteiger partial charge >= 0.3 is 6.09 Å². The summed E-state index contributed by atoms with van der Waals surface area (Å²) in [6, 6.07) is 7.90. The minimum atomic E-state index is -0.580. The van der Waals surface area contributed by atoms with Crippen molar-refractivity contribution in [3.05, 3.63) is 29.8 Å². The molecule has 0 atom stereocenters. The summed E-state index contributed by atoms with van der Waals surface area (Å²) in [5.74, 6) is 0. The second kappa shape index (κ2) is 7.09. The van der Waals surface area contributed by atoms with E-state index in [0.29, 0.717) is 5.11 Å². The summed E-state index contributed by atoms with van der Waals surface area (Å²) < 4.78 is 5.07. The Morgan fingerprint density at radius 3 is 2.60 bits per heavy atom. The minimum Gasteiger partial charge on any atom is -0.443 e. The van der Waals surface area contributed by atoms with Crippen LogP contribution in [-0.4, -0.2) is 16.8 Å². The third-order valence-electron chi connectivity index (χ3n) is 2.27. The number of carbonyl (C=O) groups is 1. The van der Waals surface area contributed by atoms with Gasteiger partial charge in [-0.25, -0.2) is 10.2 Å². The number of nitrogens with one attached hydrogen (secondary N) is 3. The molecule has 3 N–H and O–H groups in total. The van der Waals surface area contributed by atoms with Crippen LogP contribution in [0.3, 0.4) is 0 Å². The van der Waals surface area contributed by atoms with E-state index in [1.807, 2.05) is 24.3 Å². The summed E-state index contributed by atoms with van der Waals surface area (Å²) >= 11 is 5.08. The van der Waals surface area contributed by atoms with Crippen molar-refractivity contribution in [1.82, 2.24) is 10.9 Å². The molecule has 0 aliphatic rings. The molecule has 0 bridgehead atoms. The summed E-state index contributed by atoms with van der Waals surface area (Å²) in [4.78, 5) is 11.4. The van der Waals surface area contributed by atoms with Gasteiger partial charge in [-0.2, -0.15) is 0 Å². The quantitative estimate of drug-likeness (QED) is 0.578. The number of aryl methyl sites for hydroxylation is 1. The van der Waals surface area contributed by atoms with Crippen molar-refractivity contribution < 1.29 is 9.53 Å². The van der Waals surface area contributed by atoms with Crippen molar-refractivity contribution in [3.8, 4) is 0 Å².